The number of benzene rings is 12. The predicted octanol–water partition coefficient (Wildman–Crippen LogP) is 19.2. The number of para-hydroxylation sites is 6. The van der Waals surface area contributed by atoms with Gasteiger partial charge in [-0.25, -0.2) is 34.3 Å². The number of nitrogens with zero attached hydrogens (tertiary/aromatic N) is 9. The number of aromatic nitrogens is 9. The van der Waals surface area contributed by atoms with Crippen molar-refractivity contribution in [1.29, 1.82) is 0 Å². The molecule has 0 unspecified atom stereocenters. The quantitative estimate of drug-likeness (QED) is 0.143. The van der Waals surface area contributed by atoms with Crippen LogP contribution in [0.15, 0.2) is 303 Å². The molecule has 0 fully saturated rings. The first-order valence-electron chi connectivity index (χ1n) is 29.2. The Labute approximate surface area is 505 Å². The van der Waals surface area contributed by atoms with E-state index in [4.69, 9.17) is 29.9 Å². The fraction of sp³-hybridized carbons (Fsp3) is 0. The third kappa shape index (κ3) is 8.94. The van der Waals surface area contributed by atoms with E-state index in [-0.39, 0.29) is 5.82 Å². The van der Waals surface area contributed by atoms with Crippen molar-refractivity contribution in [2.24, 2.45) is 0 Å². The van der Waals surface area contributed by atoms with E-state index in [0.717, 1.165) is 99.5 Å². The van der Waals surface area contributed by atoms with E-state index in [1.165, 1.54) is 16.8 Å². The van der Waals surface area contributed by atoms with Crippen LogP contribution in [0, 0.1) is 5.82 Å². The molecule has 0 atom stereocenters. The summed E-state index contributed by atoms with van der Waals surface area (Å²) in [4.78, 5) is 30.1. The molecule has 88 heavy (non-hydrogen) atoms. The highest BCUT2D eigenvalue weighted by Gasteiger charge is 2.27. The number of hydrogen-bond acceptors (Lipinski definition) is 6. The molecular weight excluding hydrogens is 1080 g/mol. The molecule has 0 radical (unpaired) electrons. The Morgan fingerprint density at radius 3 is 0.886 bits per heavy atom. The van der Waals surface area contributed by atoms with Crippen molar-refractivity contribution < 1.29 is 4.39 Å². The van der Waals surface area contributed by atoms with Gasteiger partial charge in [0.15, 0.2) is 34.9 Å². The zero-order valence-electron chi connectivity index (χ0n) is 47.3. The monoisotopic (exact) mass is 1130 g/mol. The molecule has 12 aromatic carbocycles. The maximum Gasteiger partial charge on any atom is 0.167 e. The lowest BCUT2D eigenvalue weighted by molar-refractivity contribution is 0.631. The molecule has 5 aromatic heterocycles. The molecule has 0 saturated heterocycles. The van der Waals surface area contributed by atoms with Crippen molar-refractivity contribution in [3.8, 4) is 85.4 Å². The van der Waals surface area contributed by atoms with Crippen LogP contribution < -0.4 is 0 Å². The topological polar surface area (TPSA) is 92.1 Å². The number of halogens is 1. The van der Waals surface area contributed by atoms with E-state index in [2.05, 4.69) is 171 Å². The fourth-order valence-corrected chi connectivity index (χ4v) is 12.4. The van der Waals surface area contributed by atoms with Gasteiger partial charge in [0.05, 0.1) is 49.9 Å². The van der Waals surface area contributed by atoms with Gasteiger partial charge in [-0.3, -0.25) is 0 Å². The average molecular weight is 1130 g/mol. The summed E-state index contributed by atoms with van der Waals surface area (Å²) in [6.45, 7) is 0. The SMILES string of the molecule is Fc1ccc2c(c1-c1nc(-c3ccccc3)nc(-c3ccccc3)n1)c1ccccc1n2-c1ccccc1.c1ccc(-c2nc(-c3ccccc3)nc(-c3c(-n4c5ccccc5c5ccccc54)ccc4c3c3ccccc3n4-c3ccccc3)n2)cc1. The molecule has 0 amide bonds. The van der Waals surface area contributed by atoms with Crippen molar-refractivity contribution in [1.82, 2.24) is 43.6 Å². The molecule has 0 spiro atoms. The summed E-state index contributed by atoms with van der Waals surface area (Å²) >= 11 is 0. The number of hydrogen-bond donors (Lipinski definition) is 0. The van der Waals surface area contributed by atoms with Crippen LogP contribution in [0.5, 0.6) is 0 Å². The minimum Gasteiger partial charge on any atom is -0.309 e. The molecule has 17 rings (SSSR count). The maximum atomic E-state index is 15.9. The zero-order valence-corrected chi connectivity index (χ0v) is 47.3. The molecule has 414 valence electrons. The lowest BCUT2D eigenvalue weighted by Crippen LogP contribution is -2.04. The molecule has 0 saturated carbocycles. The molecule has 10 heteroatoms. The Hall–Kier alpha value is -12.0. The minimum atomic E-state index is -0.377. The van der Waals surface area contributed by atoms with Crippen LogP contribution in [-0.4, -0.2) is 43.6 Å². The third-order valence-corrected chi connectivity index (χ3v) is 16.3. The van der Waals surface area contributed by atoms with E-state index >= 15 is 4.39 Å². The molecule has 9 nitrogen and oxygen atoms in total. The normalized spacial score (nSPS) is 11.5. The average Bonchev–Trinajstić information content (AvgIpc) is 1.83. The predicted molar refractivity (Wildman–Crippen MR) is 355 cm³/mol. The molecule has 0 N–H and O–H groups in total. The second-order valence-electron chi connectivity index (χ2n) is 21.5. The summed E-state index contributed by atoms with van der Waals surface area (Å²) in [5.41, 5.74) is 14.3. The van der Waals surface area contributed by atoms with E-state index in [9.17, 15) is 0 Å². The Bertz CT molecular complexity index is 5270. The number of fused-ring (bicyclic) bond motifs is 9. The first-order valence-corrected chi connectivity index (χ1v) is 29.2. The molecular formula is C78H50FN9. The Morgan fingerprint density at radius 2 is 0.500 bits per heavy atom. The van der Waals surface area contributed by atoms with Gasteiger partial charge >= 0.3 is 0 Å². The smallest absolute Gasteiger partial charge is 0.167 e. The first-order chi connectivity index (χ1) is 43.6. The van der Waals surface area contributed by atoms with E-state index < -0.39 is 0 Å². The molecule has 0 bridgehead atoms. The molecule has 17 aromatic rings. The van der Waals surface area contributed by atoms with Crippen LogP contribution in [0.4, 0.5) is 4.39 Å². The Balaban J connectivity index is 0.000000147. The lowest BCUT2D eigenvalue weighted by Gasteiger charge is -2.17. The van der Waals surface area contributed by atoms with Gasteiger partial charge in [-0.1, -0.05) is 231 Å². The van der Waals surface area contributed by atoms with E-state index in [1.54, 1.807) is 0 Å². The van der Waals surface area contributed by atoms with Crippen LogP contribution in [0.3, 0.4) is 0 Å². The van der Waals surface area contributed by atoms with Crippen molar-refractivity contribution in [2.75, 3.05) is 0 Å². The molecule has 5 heterocycles. The summed E-state index contributed by atoms with van der Waals surface area (Å²) in [6, 6.07) is 102. The Morgan fingerprint density at radius 1 is 0.216 bits per heavy atom. The summed E-state index contributed by atoms with van der Waals surface area (Å²) in [5, 5.41) is 6.33. The van der Waals surface area contributed by atoms with Gasteiger partial charge < -0.3 is 13.7 Å². The second-order valence-corrected chi connectivity index (χ2v) is 21.5. The molecule has 0 aliphatic heterocycles. The minimum absolute atomic E-state index is 0.303. The number of rotatable bonds is 9. The van der Waals surface area contributed by atoms with E-state index in [0.29, 0.717) is 40.5 Å². The van der Waals surface area contributed by atoms with Crippen molar-refractivity contribution in [2.45, 2.75) is 0 Å². The van der Waals surface area contributed by atoms with Gasteiger partial charge in [-0.2, -0.15) is 0 Å². The highest BCUT2D eigenvalue weighted by atomic mass is 19.1. The largest absolute Gasteiger partial charge is 0.309 e. The van der Waals surface area contributed by atoms with Gasteiger partial charge in [0.25, 0.3) is 0 Å². The fourth-order valence-electron chi connectivity index (χ4n) is 12.4. The lowest BCUT2D eigenvalue weighted by atomic mass is 10.0. The van der Waals surface area contributed by atoms with Gasteiger partial charge in [0, 0.05) is 65.9 Å². The Kier molecular flexibility index (Phi) is 12.8. The van der Waals surface area contributed by atoms with Crippen LogP contribution in [0.1, 0.15) is 0 Å². The summed E-state index contributed by atoms with van der Waals surface area (Å²) in [7, 11) is 0. The van der Waals surface area contributed by atoms with E-state index in [1.807, 2.05) is 140 Å². The standard InChI is InChI=1S/C45H29N5.C33H21FN4/c1-4-16-30(17-5-1)43-46-44(31-18-6-2-7-19-31)48-45(47-43)42-40(50-36-25-13-10-22-33(36)34-23-11-14-26-37(34)50)29-28-39-41(42)35-24-12-15-27-38(35)49(39)32-20-8-3-9-21-32;34-26-20-21-28-29(25-18-10-11-19-27(25)38(28)24-16-8-3-9-17-24)30(26)33-36-31(22-12-4-1-5-13-22)35-32(37-33)23-14-6-2-7-15-23/h1-29H;1-21H. The van der Waals surface area contributed by atoms with Crippen LogP contribution >= 0.6 is 0 Å². The summed E-state index contributed by atoms with van der Waals surface area (Å²) in [5.74, 6) is 2.80. The van der Waals surface area contributed by atoms with Gasteiger partial charge in [-0.05, 0) is 72.8 Å². The maximum absolute atomic E-state index is 15.9. The van der Waals surface area contributed by atoms with Gasteiger partial charge in [0.2, 0.25) is 0 Å². The van der Waals surface area contributed by atoms with Crippen LogP contribution in [0.25, 0.3) is 151 Å². The highest BCUT2D eigenvalue weighted by molar-refractivity contribution is 6.19. The van der Waals surface area contributed by atoms with Crippen molar-refractivity contribution in [3.05, 3.63) is 309 Å². The summed E-state index contributed by atoms with van der Waals surface area (Å²) in [6.07, 6.45) is 0. The molecule has 0 aliphatic carbocycles. The van der Waals surface area contributed by atoms with Crippen molar-refractivity contribution in [3.63, 3.8) is 0 Å². The highest BCUT2D eigenvalue weighted by Crippen LogP contribution is 2.45. The van der Waals surface area contributed by atoms with Crippen LogP contribution in [-0.2, 0) is 0 Å². The zero-order chi connectivity index (χ0) is 58.5. The molecule has 0 aliphatic rings. The second kappa shape index (κ2) is 21.9. The summed E-state index contributed by atoms with van der Waals surface area (Å²) < 4.78 is 22.8. The van der Waals surface area contributed by atoms with Gasteiger partial charge in [-0.15, -0.1) is 0 Å². The van der Waals surface area contributed by atoms with Gasteiger partial charge in [0.1, 0.15) is 5.82 Å². The third-order valence-electron chi connectivity index (χ3n) is 16.3. The first kappa shape index (κ1) is 51.6. The van der Waals surface area contributed by atoms with Crippen molar-refractivity contribution >= 4 is 65.4 Å². The van der Waals surface area contributed by atoms with Crippen LogP contribution in [0.2, 0.25) is 0 Å².